The topological polar surface area (TPSA) is 95.5 Å². The number of anilines is 4. The summed E-state index contributed by atoms with van der Waals surface area (Å²) in [5, 5.41) is 5.97. The first-order chi connectivity index (χ1) is 16.9. The molecule has 3 aromatic rings. The number of ether oxygens (including phenoxy) is 1. The van der Waals surface area contributed by atoms with Crippen molar-refractivity contribution in [3.05, 3.63) is 48.3 Å². The zero-order chi connectivity index (χ0) is 24.5. The van der Waals surface area contributed by atoms with Crippen LogP contribution in [-0.2, 0) is 4.79 Å². The Hall–Kier alpha value is -3.86. The number of benzene rings is 1. The molecule has 9 nitrogen and oxygen atoms in total. The second-order valence-corrected chi connectivity index (χ2v) is 8.58. The maximum atomic E-state index is 14.9. The third kappa shape index (κ3) is 4.59. The van der Waals surface area contributed by atoms with Crippen molar-refractivity contribution in [2.45, 2.75) is 19.9 Å². The smallest absolute Gasteiger partial charge is 0.241 e. The number of amides is 1. The number of carbonyl (C=O) groups is 1. The minimum atomic E-state index is -0.678. The van der Waals surface area contributed by atoms with Crippen LogP contribution in [0.25, 0.3) is 11.3 Å². The van der Waals surface area contributed by atoms with Gasteiger partial charge in [-0.2, -0.15) is 0 Å². The molecule has 1 amide bonds. The molecule has 0 aliphatic carbocycles. The summed E-state index contributed by atoms with van der Waals surface area (Å²) in [4.78, 5) is 28.4. The van der Waals surface area contributed by atoms with Crippen LogP contribution < -0.4 is 25.2 Å². The second-order valence-electron chi connectivity index (χ2n) is 8.58. The summed E-state index contributed by atoms with van der Waals surface area (Å²) in [5.41, 5.74) is 1.49. The molecule has 5 rings (SSSR count). The standard InChI is InChI=1S/C24H25F2N7O2/c1-14(2)32-7-8-35-23-17(25)9-15(10-19(23)32)22-18(26)12-29-24(31-22)30-20-4-3-16(11-28-20)33-6-5-27-13-21(33)34/h3-4,9-12,14,27H,5-8,13H2,1-2H3,(H,28,29,30,31). The minimum absolute atomic E-state index is 0.0241. The molecule has 2 aromatic heterocycles. The third-order valence-corrected chi connectivity index (χ3v) is 5.94. The summed E-state index contributed by atoms with van der Waals surface area (Å²) < 4.78 is 35.1. The number of aromatic nitrogens is 3. The summed E-state index contributed by atoms with van der Waals surface area (Å²) in [7, 11) is 0. The Labute approximate surface area is 201 Å². The molecular formula is C24H25F2N7O2. The van der Waals surface area contributed by atoms with Crippen molar-refractivity contribution >= 4 is 29.0 Å². The fourth-order valence-electron chi connectivity index (χ4n) is 4.22. The molecule has 182 valence electrons. The molecule has 11 heteroatoms. The first-order valence-electron chi connectivity index (χ1n) is 11.4. The highest BCUT2D eigenvalue weighted by Crippen LogP contribution is 2.39. The number of nitrogens with one attached hydrogen (secondary N) is 2. The molecule has 0 bridgehead atoms. The molecule has 35 heavy (non-hydrogen) atoms. The van der Waals surface area contributed by atoms with E-state index in [4.69, 9.17) is 4.74 Å². The Morgan fingerprint density at radius 3 is 2.71 bits per heavy atom. The average Bonchev–Trinajstić information content (AvgIpc) is 2.85. The van der Waals surface area contributed by atoms with E-state index in [1.54, 1.807) is 29.3 Å². The number of hydrogen-bond donors (Lipinski definition) is 2. The Bertz CT molecular complexity index is 1250. The van der Waals surface area contributed by atoms with E-state index in [-0.39, 0.29) is 41.4 Å². The lowest BCUT2D eigenvalue weighted by Gasteiger charge is -2.34. The molecule has 4 heterocycles. The van der Waals surface area contributed by atoms with E-state index in [1.165, 1.54) is 6.07 Å². The highest BCUT2D eigenvalue weighted by atomic mass is 19.1. The number of fused-ring (bicyclic) bond motifs is 1. The van der Waals surface area contributed by atoms with Gasteiger partial charge in [-0.15, -0.1) is 0 Å². The number of carbonyl (C=O) groups excluding carboxylic acids is 1. The lowest BCUT2D eigenvalue weighted by atomic mass is 10.1. The van der Waals surface area contributed by atoms with Crippen molar-refractivity contribution in [2.75, 3.05) is 47.9 Å². The van der Waals surface area contributed by atoms with Crippen molar-refractivity contribution in [3.63, 3.8) is 0 Å². The predicted molar refractivity (Wildman–Crippen MR) is 128 cm³/mol. The van der Waals surface area contributed by atoms with Crippen LogP contribution in [0.5, 0.6) is 5.75 Å². The van der Waals surface area contributed by atoms with Crippen molar-refractivity contribution < 1.29 is 18.3 Å². The number of nitrogens with zero attached hydrogens (tertiary/aromatic N) is 5. The fourth-order valence-corrected chi connectivity index (χ4v) is 4.22. The van der Waals surface area contributed by atoms with Crippen molar-refractivity contribution in [2.24, 2.45) is 0 Å². The zero-order valence-corrected chi connectivity index (χ0v) is 19.4. The third-order valence-electron chi connectivity index (χ3n) is 5.94. The van der Waals surface area contributed by atoms with Gasteiger partial charge in [0.25, 0.3) is 0 Å². The summed E-state index contributed by atoms with van der Waals surface area (Å²) in [6, 6.07) is 6.47. The lowest BCUT2D eigenvalue weighted by Crippen LogP contribution is -2.48. The molecule has 1 aromatic carbocycles. The van der Waals surface area contributed by atoms with Crippen LogP contribution in [0, 0.1) is 11.6 Å². The summed E-state index contributed by atoms with van der Waals surface area (Å²) >= 11 is 0. The molecule has 2 N–H and O–H groups in total. The molecule has 0 radical (unpaired) electrons. The van der Waals surface area contributed by atoms with Gasteiger partial charge in [0.2, 0.25) is 11.9 Å². The largest absolute Gasteiger partial charge is 0.486 e. The summed E-state index contributed by atoms with van der Waals surface area (Å²) in [6.07, 6.45) is 2.61. The molecule has 0 spiro atoms. The van der Waals surface area contributed by atoms with Gasteiger partial charge in [-0.05, 0) is 38.1 Å². The van der Waals surface area contributed by atoms with E-state index in [0.717, 1.165) is 6.20 Å². The van der Waals surface area contributed by atoms with Gasteiger partial charge in [0.05, 0.1) is 36.9 Å². The molecular weight excluding hydrogens is 456 g/mol. The van der Waals surface area contributed by atoms with Gasteiger partial charge in [-0.25, -0.2) is 23.7 Å². The number of pyridine rings is 1. The van der Waals surface area contributed by atoms with Crippen LogP contribution in [-0.4, -0.2) is 59.7 Å². The monoisotopic (exact) mass is 481 g/mol. The highest BCUT2D eigenvalue weighted by Gasteiger charge is 2.26. The maximum absolute atomic E-state index is 14.9. The zero-order valence-electron chi connectivity index (χ0n) is 19.4. The number of piperazine rings is 1. The second kappa shape index (κ2) is 9.41. The van der Waals surface area contributed by atoms with Gasteiger partial charge in [-0.1, -0.05) is 0 Å². The Morgan fingerprint density at radius 1 is 1.11 bits per heavy atom. The highest BCUT2D eigenvalue weighted by molar-refractivity contribution is 5.95. The van der Waals surface area contributed by atoms with Crippen molar-refractivity contribution in [1.82, 2.24) is 20.3 Å². The summed E-state index contributed by atoms with van der Waals surface area (Å²) in [6.45, 7) is 6.56. The van der Waals surface area contributed by atoms with E-state index < -0.39 is 11.6 Å². The molecule has 0 unspecified atom stereocenters. The van der Waals surface area contributed by atoms with Crippen LogP contribution in [0.2, 0.25) is 0 Å². The molecule has 1 saturated heterocycles. The molecule has 1 fully saturated rings. The van der Waals surface area contributed by atoms with Crippen LogP contribution in [0.1, 0.15) is 13.8 Å². The fraction of sp³-hybridized carbons (Fsp3) is 0.333. The first kappa shape index (κ1) is 22.9. The predicted octanol–water partition coefficient (Wildman–Crippen LogP) is 3.10. The maximum Gasteiger partial charge on any atom is 0.241 e. The quantitative estimate of drug-likeness (QED) is 0.574. The van der Waals surface area contributed by atoms with Crippen molar-refractivity contribution in [1.29, 1.82) is 0 Å². The van der Waals surface area contributed by atoms with Crippen LogP contribution in [0.4, 0.5) is 31.9 Å². The number of rotatable bonds is 5. The normalized spacial score (nSPS) is 15.7. The molecule has 2 aliphatic rings. The van der Waals surface area contributed by atoms with Crippen LogP contribution in [0.3, 0.4) is 0 Å². The van der Waals surface area contributed by atoms with E-state index >= 15 is 0 Å². The van der Waals surface area contributed by atoms with E-state index in [1.807, 2.05) is 18.7 Å². The molecule has 2 aliphatic heterocycles. The van der Waals surface area contributed by atoms with Gasteiger partial charge in [-0.3, -0.25) is 4.79 Å². The number of halogens is 2. The van der Waals surface area contributed by atoms with Gasteiger partial charge in [0.1, 0.15) is 18.1 Å². The van der Waals surface area contributed by atoms with Gasteiger partial charge in [0, 0.05) is 24.7 Å². The molecule has 0 atom stereocenters. The Morgan fingerprint density at radius 2 is 1.97 bits per heavy atom. The lowest BCUT2D eigenvalue weighted by molar-refractivity contribution is -0.118. The first-order valence-corrected chi connectivity index (χ1v) is 11.4. The Balaban J connectivity index is 1.41. The van der Waals surface area contributed by atoms with Gasteiger partial charge >= 0.3 is 0 Å². The van der Waals surface area contributed by atoms with Crippen molar-refractivity contribution in [3.8, 4) is 17.0 Å². The molecule has 0 saturated carbocycles. The van der Waals surface area contributed by atoms with E-state index in [2.05, 4.69) is 25.6 Å². The van der Waals surface area contributed by atoms with Crippen LogP contribution in [0.15, 0.2) is 36.7 Å². The number of hydrogen-bond acceptors (Lipinski definition) is 8. The van der Waals surface area contributed by atoms with E-state index in [0.29, 0.717) is 43.4 Å². The Kier molecular flexibility index (Phi) is 6.16. The van der Waals surface area contributed by atoms with Gasteiger partial charge < -0.3 is 25.2 Å². The van der Waals surface area contributed by atoms with Gasteiger partial charge in [0.15, 0.2) is 17.4 Å². The van der Waals surface area contributed by atoms with E-state index in [9.17, 15) is 13.6 Å². The minimum Gasteiger partial charge on any atom is -0.486 e. The SMILES string of the molecule is CC(C)N1CCOc2c(F)cc(-c3nc(Nc4ccc(N5CCNCC5=O)cn4)ncc3F)cc21. The van der Waals surface area contributed by atoms with Crippen LogP contribution >= 0.6 is 0 Å². The average molecular weight is 482 g/mol. The summed E-state index contributed by atoms with van der Waals surface area (Å²) in [5.74, 6) is -0.587.